The Hall–Kier alpha value is -2.37. The van der Waals surface area contributed by atoms with Gasteiger partial charge in [-0.25, -0.2) is 4.79 Å². The standard InChI is InChI=1S/C24H34N4O/c1-19-16-20(2)23(21(3)17-19)26-24(29)25-10-7-11-27-12-14-28(15-13-27)18-22-8-5-4-6-9-22/h4-6,8-9,16-17H,7,10-15,18H2,1-3H3,(H2,25,26,29). The lowest BCUT2D eigenvalue weighted by Crippen LogP contribution is -2.46. The molecule has 1 fully saturated rings. The number of rotatable bonds is 7. The van der Waals surface area contributed by atoms with Gasteiger partial charge in [0.2, 0.25) is 0 Å². The maximum Gasteiger partial charge on any atom is 0.319 e. The van der Waals surface area contributed by atoms with E-state index in [1.54, 1.807) is 0 Å². The van der Waals surface area contributed by atoms with Crippen molar-refractivity contribution in [2.24, 2.45) is 0 Å². The minimum Gasteiger partial charge on any atom is -0.338 e. The molecule has 1 aliphatic rings. The van der Waals surface area contributed by atoms with E-state index in [2.05, 4.69) is 69.8 Å². The lowest BCUT2D eigenvalue weighted by molar-refractivity contribution is 0.126. The molecule has 2 aromatic carbocycles. The Morgan fingerprint density at radius 1 is 0.931 bits per heavy atom. The fraction of sp³-hybridized carbons (Fsp3) is 0.458. The van der Waals surface area contributed by atoms with Crippen molar-refractivity contribution in [2.45, 2.75) is 33.7 Å². The van der Waals surface area contributed by atoms with Gasteiger partial charge in [0.1, 0.15) is 0 Å². The first-order chi connectivity index (χ1) is 14.0. The summed E-state index contributed by atoms with van der Waals surface area (Å²) in [5, 5.41) is 6.00. The summed E-state index contributed by atoms with van der Waals surface area (Å²) in [6, 6.07) is 14.8. The van der Waals surface area contributed by atoms with Gasteiger partial charge in [-0.3, -0.25) is 4.90 Å². The zero-order valence-corrected chi connectivity index (χ0v) is 18.0. The number of carbonyl (C=O) groups is 1. The molecule has 5 heteroatoms. The van der Waals surface area contributed by atoms with E-state index in [0.29, 0.717) is 6.54 Å². The molecule has 3 rings (SSSR count). The molecule has 0 aliphatic carbocycles. The molecule has 2 aromatic rings. The van der Waals surface area contributed by atoms with Crippen molar-refractivity contribution >= 4 is 11.7 Å². The van der Waals surface area contributed by atoms with Crippen molar-refractivity contribution in [3.63, 3.8) is 0 Å². The molecule has 2 amide bonds. The van der Waals surface area contributed by atoms with Crippen molar-refractivity contribution in [3.8, 4) is 0 Å². The molecular weight excluding hydrogens is 360 g/mol. The van der Waals surface area contributed by atoms with Crippen molar-refractivity contribution in [1.82, 2.24) is 15.1 Å². The Labute approximate surface area is 175 Å². The Morgan fingerprint density at radius 2 is 1.55 bits per heavy atom. The Balaban J connectivity index is 1.32. The number of hydrogen-bond acceptors (Lipinski definition) is 3. The number of carbonyl (C=O) groups excluding carboxylic acids is 1. The van der Waals surface area contributed by atoms with E-state index in [1.807, 2.05) is 13.8 Å². The highest BCUT2D eigenvalue weighted by Crippen LogP contribution is 2.21. The highest BCUT2D eigenvalue weighted by molar-refractivity contribution is 5.91. The van der Waals surface area contributed by atoms with Crippen LogP contribution in [-0.4, -0.2) is 55.1 Å². The maximum absolute atomic E-state index is 12.2. The largest absolute Gasteiger partial charge is 0.338 e. The van der Waals surface area contributed by atoms with Gasteiger partial charge in [-0.05, 0) is 50.4 Å². The summed E-state index contributed by atoms with van der Waals surface area (Å²) in [4.78, 5) is 17.2. The van der Waals surface area contributed by atoms with Crippen LogP contribution in [-0.2, 0) is 6.54 Å². The van der Waals surface area contributed by atoms with Crippen LogP contribution < -0.4 is 10.6 Å². The van der Waals surface area contributed by atoms with E-state index in [0.717, 1.165) is 62.5 Å². The zero-order valence-electron chi connectivity index (χ0n) is 18.0. The second-order valence-corrected chi connectivity index (χ2v) is 8.11. The Bertz CT molecular complexity index is 775. The Kier molecular flexibility index (Phi) is 7.67. The minimum atomic E-state index is -0.118. The van der Waals surface area contributed by atoms with Gasteiger partial charge in [-0.15, -0.1) is 0 Å². The number of hydrogen-bond donors (Lipinski definition) is 2. The van der Waals surface area contributed by atoms with Crippen LogP contribution >= 0.6 is 0 Å². The van der Waals surface area contributed by atoms with Crippen LogP contribution in [0.1, 0.15) is 28.7 Å². The maximum atomic E-state index is 12.2. The minimum absolute atomic E-state index is 0.118. The molecular formula is C24H34N4O. The molecule has 5 nitrogen and oxygen atoms in total. The number of benzene rings is 2. The summed E-state index contributed by atoms with van der Waals surface area (Å²) in [6.45, 7) is 13.3. The van der Waals surface area contributed by atoms with Crippen molar-refractivity contribution in [1.29, 1.82) is 0 Å². The second kappa shape index (κ2) is 10.4. The van der Waals surface area contributed by atoms with E-state index in [-0.39, 0.29) is 6.03 Å². The molecule has 0 unspecified atom stereocenters. The SMILES string of the molecule is Cc1cc(C)c(NC(=O)NCCCN2CCN(Cc3ccccc3)CC2)c(C)c1. The first kappa shape index (κ1) is 21.3. The molecule has 1 heterocycles. The predicted molar refractivity (Wildman–Crippen MR) is 120 cm³/mol. The molecule has 0 bridgehead atoms. The predicted octanol–water partition coefficient (Wildman–Crippen LogP) is 3.94. The van der Waals surface area contributed by atoms with E-state index >= 15 is 0 Å². The van der Waals surface area contributed by atoms with Gasteiger partial charge in [0, 0.05) is 45.0 Å². The van der Waals surface area contributed by atoms with Gasteiger partial charge in [0.15, 0.2) is 0 Å². The highest BCUT2D eigenvalue weighted by Gasteiger charge is 2.16. The first-order valence-corrected chi connectivity index (χ1v) is 10.6. The molecule has 2 N–H and O–H groups in total. The van der Waals surface area contributed by atoms with Gasteiger partial charge in [-0.2, -0.15) is 0 Å². The third-order valence-electron chi connectivity index (χ3n) is 5.57. The summed E-state index contributed by atoms with van der Waals surface area (Å²) in [6.07, 6.45) is 0.970. The summed E-state index contributed by atoms with van der Waals surface area (Å²) in [5.41, 5.74) is 5.73. The average molecular weight is 395 g/mol. The number of amides is 2. The summed E-state index contributed by atoms with van der Waals surface area (Å²) < 4.78 is 0. The normalized spacial score (nSPS) is 15.3. The van der Waals surface area contributed by atoms with Crippen molar-refractivity contribution < 1.29 is 4.79 Å². The van der Waals surface area contributed by atoms with Crippen molar-refractivity contribution in [3.05, 3.63) is 64.7 Å². The van der Waals surface area contributed by atoms with E-state index in [4.69, 9.17) is 0 Å². The number of anilines is 1. The number of piperazine rings is 1. The van der Waals surface area contributed by atoms with E-state index in [9.17, 15) is 4.79 Å². The molecule has 1 aliphatic heterocycles. The Morgan fingerprint density at radius 3 is 2.21 bits per heavy atom. The zero-order chi connectivity index (χ0) is 20.6. The van der Waals surface area contributed by atoms with Crippen LogP contribution in [0.3, 0.4) is 0 Å². The fourth-order valence-electron chi connectivity index (χ4n) is 4.05. The van der Waals surface area contributed by atoms with Gasteiger partial charge in [0.25, 0.3) is 0 Å². The van der Waals surface area contributed by atoms with E-state index < -0.39 is 0 Å². The molecule has 0 aromatic heterocycles. The molecule has 0 radical (unpaired) electrons. The van der Waals surface area contributed by atoms with Crippen LogP contribution in [0.25, 0.3) is 0 Å². The average Bonchev–Trinajstić information content (AvgIpc) is 2.70. The van der Waals surface area contributed by atoms with Gasteiger partial charge in [-0.1, -0.05) is 48.0 Å². The van der Waals surface area contributed by atoms with Gasteiger partial charge >= 0.3 is 6.03 Å². The third kappa shape index (κ3) is 6.58. The van der Waals surface area contributed by atoms with Crippen LogP contribution in [0.15, 0.2) is 42.5 Å². The highest BCUT2D eigenvalue weighted by atomic mass is 16.2. The molecule has 156 valence electrons. The summed E-state index contributed by atoms with van der Waals surface area (Å²) in [7, 11) is 0. The topological polar surface area (TPSA) is 47.6 Å². The second-order valence-electron chi connectivity index (χ2n) is 8.11. The number of nitrogens with zero attached hydrogens (tertiary/aromatic N) is 2. The number of nitrogens with one attached hydrogen (secondary N) is 2. The molecule has 0 spiro atoms. The monoisotopic (exact) mass is 394 g/mol. The summed E-state index contributed by atoms with van der Waals surface area (Å²) >= 11 is 0. The van der Waals surface area contributed by atoms with Crippen molar-refractivity contribution in [2.75, 3.05) is 44.6 Å². The number of urea groups is 1. The lowest BCUT2D eigenvalue weighted by atomic mass is 10.1. The molecule has 0 saturated carbocycles. The lowest BCUT2D eigenvalue weighted by Gasteiger charge is -2.34. The van der Waals surface area contributed by atoms with E-state index in [1.165, 1.54) is 11.1 Å². The molecule has 0 atom stereocenters. The van der Waals surface area contributed by atoms with Crippen LogP contribution in [0.5, 0.6) is 0 Å². The van der Waals surface area contributed by atoms with Gasteiger partial charge < -0.3 is 15.5 Å². The third-order valence-corrected chi connectivity index (χ3v) is 5.57. The quantitative estimate of drug-likeness (QED) is 0.699. The number of aryl methyl sites for hydroxylation is 3. The first-order valence-electron chi connectivity index (χ1n) is 10.6. The fourth-order valence-corrected chi connectivity index (χ4v) is 4.05. The molecule has 1 saturated heterocycles. The van der Waals surface area contributed by atoms with Gasteiger partial charge in [0.05, 0.1) is 0 Å². The van der Waals surface area contributed by atoms with Crippen LogP contribution in [0.2, 0.25) is 0 Å². The van der Waals surface area contributed by atoms with Crippen LogP contribution in [0.4, 0.5) is 10.5 Å². The van der Waals surface area contributed by atoms with Crippen LogP contribution in [0, 0.1) is 20.8 Å². The molecule has 29 heavy (non-hydrogen) atoms. The smallest absolute Gasteiger partial charge is 0.319 e. The summed E-state index contributed by atoms with van der Waals surface area (Å²) in [5.74, 6) is 0.